The fourth-order valence-electron chi connectivity index (χ4n) is 3.89. The Morgan fingerprint density at radius 2 is 1.95 bits per heavy atom. The maximum absolute atomic E-state index is 6.17. The van der Waals surface area contributed by atoms with E-state index >= 15 is 0 Å². The monoisotopic (exact) mass is 267 g/mol. The molecular weight excluding hydrogens is 234 g/mol. The predicted octanol–water partition coefficient (Wildman–Crippen LogP) is 4.00. The second-order valence-electron chi connectivity index (χ2n) is 6.80. The van der Waals surface area contributed by atoms with E-state index in [1.807, 2.05) is 0 Å². The maximum atomic E-state index is 6.17. The highest BCUT2D eigenvalue weighted by atomic mass is 16.5. The molecule has 0 spiro atoms. The Morgan fingerprint density at radius 1 is 1.21 bits per heavy atom. The van der Waals surface area contributed by atoms with Gasteiger partial charge in [-0.1, -0.05) is 33.6 Å². The third kappa shape index (κ3) is 3.72. The molecule has 2 unspecified atom stereocenters. The first-order valence-electron chi connectivity index (χ1n) is 8.58. The van der Waals surface area contributed by atoms with Crippen molar-refractivity contribution < 1.29 is 4.74 Å². The van der Waals surface area contributed by atoms with Gasteiger partial charge in [0, 0.05) is 18.6 Å². The van der Waals surface area contributed by atoms with Crippen molar-refractivity contribution >= 4 is 0 Å². The molecular formula is C17H33NO. The molecule has 0 aromatic heterocycles. The molecule has 2 rings (SSSR count). The van der Waals surface area contributed by atoms with Crippen molar-refractivity contribution in [2.24, 2.45) is 17.3 Å². The van der Waals surface area contributed by atoms with E-state index in [4.69, 9.17) is 4.74 Å². The van der Waals surface area contributed by atoms with Gasteiger partial charge in [-0.05, 0) is 50.5 Å². The van der Waals surface area contributed by atoms with Crippen molar-refractivity contribution in [2.45, 2.75) is 71.8 Å². The molecule has 1 N–H and O–H groups in total. The summed E-state index contributed by atoms with van der Waals surface area (Å²) in [4.78, 5) is 0. The average Bonchev–Trinajstić information content (AvgIpc) is 3.19. The molecule has 2 aliphatic rings. The molecule has 1 heterocycles. The van der Waals surface area contributed by atoms with Crippen LogP contribution in [0, 0.1) is 17.3 Å². The van der Waals surface area contributed by atoms with Crippen LogP contribution in [0.4, 0.5) is 0 Å². The number of hydrogen-bond donors (Lipinski definition) is 1. The normalized spacial score (nSPS) is 31.3. The first-order valence-corrected chi connectivity index (χ1v) is 8.58. The van der Waals surface area contributed by atoms with E-state index in [1.54, 1.807) is 0 Å². The van der Waals surface area contributed by atoms with Crippen LogP contribution in [-0.2, 0) is 4.74 Å². The zero-order valence-corrected chi connectivity index (χ0v) is 13.2. The predicted molar refractivity (Wildman–Crippen MR) is 81.4 cm³/mol. The van der Waals surface area contributed by atoms with Crippen LogP contribution in [0.2, 0.25) is 0 Å². The Balaban J connectivity index is 2.02. The molecule has 2 nitrogen and oxygen atoms in total. The van der Waals surface area contributed by atoms with Gasteiger partial charge < -0.3 is 10.1 Å². The summed E-state index contributed by atoms with van der Waals surface area (Å²) in [6.07, 6.45) is 9.89. The van der Waals surface area contributed by atoms with E-state index in [0.29, 0.717) is 11.5 Å². The second kappa shape index (κ2) is 7.08. The van der Waals surface area contributed by atoms with Crippen LogP contribution in [0.25, 0.3) is 0 Å². The number of hydrogen-bond acceptors (Lipinski definition) is 2. The topological polar surface area (TPSA) is 21.3 Å². The van der Waals surface area contributed by atoms with Gasteiger partial charge in [0.25, 0.3) is 0 Å². The summed E-state index contributed by atoms with van der Waals surface area (Å²) in [6.45, 7) is 10.3. The van der Waals surface area contributed by atoms with Crippen molar-refractivity contribution in [1.82, 2.24) is 5.32 Å². The van der Waals surface area contributed by atoms with Crippen LogP contribution in [0.5, 0.6) is 0 Å². The lowest BCUT2D eigenvalue weighted by Crippen LogP contribution is -2.43. The molecule has 0 radical (unpaired) electrons. The van der Waals surface area contributed by atoms with Gasteiger partial charge in [-0.3, -0.25) is 0 Å². The lowest BCUT2D eigenvalue weighted by molar-refractivity contribution is 0.0179. The Bertz CT molecular complexity index is 260. The van der Waals surface area contributed by atoms with Crippen molar-refractivity contribution in [3.05, 3.63) is 0 Å². The van der Waals surface area contributed by atoms with Gasteiger partial charge in [-0.15, -0.1) is 0 Å². The summed E-state index contributed by atoms with van der Waals surface area (Å²) in [5, 5.41) is 3.70. The van der Waals surface area contributed by atoms with Crippen molar-refractivity contribution in [3.8, 4) is 0 Å². The molecule has 0 aromatic carbocycles. The minimum atomic E-state index is 0.438. The highest BCUT2D eigenvalue weighted by molar-refractivity contribution is 5.01. The number of nitrogens with one attached hydrogen (secondary N) is 1. The van der Waals surface area contributed by atoms with E-state index in [-0.39, 0.29) is 0 Å². The zero-order valence-electron chi connectivity index (χ0n) is 13.2. The summed E-state index contributed by atoms with van der Waals surface area (Å²) in [5.41, 5.74) is 0.438. The van der Waals surface area contributed by atoms with Gasteiger partial charge in [0.05, 0.1) is 6.10 Å². The molecule has 112 valence electrons. The Hall–Kier alpha value is -0.0800. The van der Waals surface area contributed by atoms with Gasteiger partial charge in [0.1, 0.15) is 0 Å². The van der Waals surface area contributed by atoms with Crippen LogP contribution in [-0.4, -0.2) is 25.8 Å². The van der Waals surface area contributed by atoms with E-state index in [1.165, 1.54) is 51.5 Å². The quantitative estimate of drug-likeness (QED) is 0.638. The molecule has 0 bridgehead atoms. The Kier molecular flexibility index (Phi) is 5.70. The molecule has 1 aliphatic heterocycles. The van der Waals surface area contributed by atoms with E-state index in [2.05, 4.69) is 26.1 Å². The third-order valence-electron chi connectivity index (χ3n) is 5.30. The molecule has 0 aromatic rings. The molecule has 19 heavy (non-hydrogen) atoms. The van der Waals surface area contributed by atoms with Crippen molar-refractivity contribution in [2.75, 3.05) is 19.7 Å². The summed E-state index contributed by atoms with van der Waals surface area (Å²) < 4.78 is 6.17. The Morgan fingerprint density at radius 3 is 2.53 bits per heavy atom. The van der Waals surface area contributed by atoms with Crippen molar-refractivity contribution in [1.29, 1.82) is 0 Å². The minimum Gasteiger partial charge on any atom is -0.377 e. The van der Waals surface area contributed by atoms with Crippen LogP contribution in [0.1, 0.15) is 65.7 Å². The van der Waals surface area contributed by atoms with Gasteiger partial charge in [0.15, 0.2) is 0 Å². The first kappa shape index (κ1) is 15.3. The van der Waals surface area contributed by atoms with Gasteiger partial charge in [-0.25, -0.2) is 0 Å². The highest BCUT2D eigenvalue weighted by Gasteiger charge is 2.50. The number of ether oxygens (including phenoxy) is 1. The van der Waals surface area contributed by atoms with Gasteiger partial charge in [0.2, 0.25) is 0 Å². The smallest absolute Gasteiger partial charge is 0.0672 e. The maximum Gasteiger partial charge on any atom is 0.0672 e. The third-order valence-corrected chi connectivity index (χ3v) is 5.30. The largest absolute Gasteiger partial charge is 0.377 e. The lowest BCUT2D eigenvalue weighted by atomic mass is 9.71. The van der Waals surface area contributed by atoms with Crippen LogP contribution < -0.4 is 5.32 Å². The fourth-order valence-corrected chi connectivity index (χ4v) is 3.89. The second-order valence-corrected chi connectivity index (χ2v) is 6.80. The molecule has 1 saturated heterocycles. The van der Waals surface area contributed by atoms with Gasteiger partial charge in [-0.2, -0.15) is 0 Å². The highest BCUT2D eigenvalue weighted by Crippen LogP contribution is 2.51. The molecule has 1 aliphatic carbocycles. The molecule has 2 heteroatoms. The van der Waals surface area contributed by atoms with Gasteiger partial charge >= 0.3 is 0 Å². The summed E-state index contributed by atoms with van der Waals surface area (Å²) >= 11 is 0. The minimum absolute atomic E-state index is 0.438. The summed E-state index contributed by atoms with van der Waals surface area (Å²) in [5.74, 6) is 1.76. The van der Waals surface area contributed by atoms with E-state index in [0.717, 1.165) is 25.0 Å². The molecule has 1 saturated carbocycles. The van der Waals surface area contributed by atoms with E-state index in [9.17, 15) is 0 Å². The summed E-state index contributed by atoms with van der Waals surface area (Å²) in [6, 6.07) is 0. The SMILES string of the molecule is CCCNCC1(CC(CC)CC)CCOC1C1CC1. The summed E-state index contributed by atoms with van der Waals surface area (Å²) in [7, 11) is 0. The van der Waals surface area contributed by atoms with E-state index < -0.39 is 0 Å². The van der Waals surface area contributed by atoms with Crippen LogP contribution in [0.15, 0.2) is 0 Å². The average molecular weight is 267 g/mol. The fraction of sp³-hybridized carbons (Fsp3) is 1.00. The lowest BCUT2D eigenvalue weighted by Gasteiger charge is -2.37. The molecule has 2 atom stereocenters. The molecule has 0 amide bonds. The van der Waals surface area contributed by atoms with Crippen molar-refractivity contribution in [3.63, 3.8) is 0 Å². The first-order chi connectivity index (χ1) is 9.25. The zero-order chi connectivity index (χ0) is 13.7. The standard InChI is InChI=1S/C17H33NO/c1-4-10-18-13-17(12-14(5-2)6-3)9-11-19-16(17)15-7-8-15/h14-16,18H,4-13H2,1-3H3. The molecule has 2 fully saturated rings. The number of rotatable bonds is 9. The Labute approximate surface area is 119 Å². The van der Waals surface area contributed by atoms with Crippen LogP contribution in [0.3, 0.4) is 0 Å². The van der Waals surface area contributed by atoms with Crippen LogP contribution >= 0.6 is 0 Å².